The number of nitrogens with zero attached hydrogens (tertiary/aromatic N) is 1. The fourth-order valence-electron chi connectivity index (χ4n) is 5.37. The van der Waals surface area contributed by atoms with Crippen LogP contribution in [0.1, 0.15) is 64.0 Å². The van der Waals surface area contributed by atoms with Crippen LogP contribution in [0.3, 0.4) is 0 Å². The van der Waals surface area contributed by atoms with E-state index in [-0.39, 0.29) is 10.8 Å². The minimum Gasteiger partial charge on any atom is -0.299 e. The van der Waals surface area contributed by atoms with Crippen LogP contribution in [0, 0.1) is 16.7 Å². The number of hydrogen-bond acceptors (Lipinski definition) is 2. The average molecular weight is 338 g/mol. The Balaban J connectivity index is 1.51. The standard InChI is InChI=1S/C23H31NO/c1-22(2)20-11-12-23(22,3)21(25)19(20)15-17-7-9-18(10-8-17)16-24-13-5-4-6-14-24/h7-10,15,20H,4-6,11-14,16H2,1-3H3. The molecule has 2 nitrogen and oxygen atoms in total. The molecule has 1 aromatic rings. The zero-order chi connectivity index (χ0) is 17.7. The predicted molar refractivity (Wildman–Crippen MR) is 103 cm³/mol. The van der Waals surface area contributed by atoms with Crippen molar-refractivity contribution in [3.05, 3.63) is 41.0 Å². The van der Waals surface area contributed by atoms with Crippen LogP contribution in [0.15, 0.2) is 29.8 Å². The number of piperidine rings is 1. The smallest absolute Gasteiger partial charge is 0.165 e. The molecule has 1 heterocycles. The van der Waals surface area contributed by atoms with Crippen LogP contribution >= 0.6 is 0 Å². The van der Waals surface area contributed by atoms with E-state index in [1.165, 1.54) is 43.5 Å². The van der Waals surface area contributed by atoms with Gasteiger partial charge >= 0.3 is 0 Å². The normalized spacial score (nSPS) is 33.3. The summed E-state index contributed by atoms with van der Waals surface area (Å²) in [5, 5.41) is 0. The highest BCUT2D eigenvalue weighted by Crippen LogP contribution is 2.65. The summed E-state index contributed by atoms with van der Waals surface area (Å²) < 4.78 is 0. The molecule has 2 heteroatoms. The molecule has 2 saturated carbocycles. The number of ketones is 1. The monoisotopic (exact) mass is 337 g/mol. The molecular formula is C23H31NO. The Bertz CT molecular complexity index is 693. The highest BCUT2D eigenvalue weighted by atomic mass is 16.1. The second-order valence-electron chi connectivity index (χ2n) is 9.15. The topological polar surface area (TPSA) is 20.3 Å². The summed E-state index contributed by atoms with van der Waals surface area (Å²) in [6, 6.07) is 8.87. The van der Waals surface area contributed by atoms with Gasteiger partial charge in [0.05, 0.1) is 0 Å². The number of rotatable bonds is 3. The molecule has 0 spiro atoms. The Labute approximate surface area is 152 Å². The van der Waals surface area contributed by atoms with E-state index in [0.717, 1.165) is 25.0 Å². The summed E-state index contributed by atoms with van der Waals surface area (Å²) in [6.45, 7) is 10.3. The first kappa shape index (κ1) is 17.0. The first-order valence-electron chi connectivity index (χ1n) is 9.99. The molecule has 3 aliphatic rings. The second kappa shape index (κ2) is 6.09. The van der Waals surface area contributed by atoms with Gasteiger partial charge in [0.1, 0.15) is 0 Å². The largest absolute Gasteiger partial charge is 0.299 e. The Morgan fingerprint density at radius 3 is 2.36 bits per heavy atom. The van der Waals surface area contributed by atoms with E-state index in [1.54, 1.807) is 0 Å². The summed E-state index contributed by atoms with van der Waals surface area (Å²) in [5.41, 5.74) is 3.58. The van der Waals surface area contributed by atoms with E-state index in [9.17, 15) is 4.79 Å². The van der Waals surface area contributed by atoms with Gasteiger partial charge in [-0.2, -0.15) is 0 Å². The van der Waals surface area contributed by atoms with Gasteiger partial charge in [-0.1, -0.05) is 51.5 Å². The number of carbonyl (C=O) groups excluding carboxylic acids is 1. The minimum absolute atomic E-state index is 0.101. The molecule has 0 N–H and O–H groups in total. The van der Waals surface area contributed by atoms with E-state index in [4.69, 9.17) is 0 Å². The minimum atomic E-state index is -0.155. The van der Waals surface area contributed by atoms with Crippen LogP contribution in [0.2, 0.25) is 0 Å². The Hall–Kier alpha value is -1.41. The lowest BCUT2D eigenvalue weighted by Crippen LogP contribution is -2.32. The van der Waals surface area contributed by atoms with Gasteiger partial charge in [0, 0.05) is 12.0 Å². The van der Waals surface area contributed by atoms with Crippen molar-refractivity contribution in [3.8, 4) is 0 Å². The van der Waals surface area contributed by atoms with Gasteiger partial charge in [-0.25, -0.2) is 0 Å². The van der Waals surface area contributed by atoms with Crippen LogP contribution < -0.4 is 0 Å². The van der Waals surface area contributed by atoms with Gasteiger partial charge in [0.15, 0.2) is 5.78 Å². The molecule has 4 rings (SSSR count). The van der Waals surface area contributed by atoms with Crippen LogP contribution in [0.5, 0.6) is 0 Å². The first-order chi connectivity index (χ1) is 11.9. The summed E-state index contributed by atoms with van der Waals surface area (Å²) in [7, 11) is 0. The van der Waals surface area contributed by atoms with Crippen molar-refractivity contribution in [1.82, 2.24) is 4.90 Å². The molecule has 25 heavy (non-hydrogen) atoms. The van der Waals surface area contributed by atoms with E-state index >= 15 is 0 Å². The van der Waals surface area contributed by atoms with Gasteiger partial charge in [-0.05, 0) is 72.9 Å². The van der Waals surface area contributed by atoms with Crippen molar-refractivity contribution in [2.24, 2.45) is 16.7 Å². The molecule has 1 saturated heterocycles. The Kier molecular flexibility index (Phi) is 4.15. The second-order valence-corrected chi connectivity index (χ2v) is 9.15. The van der Waals surface area contributed by atoms with Crippen molar-refractivity contribution in [1.29, 1.82) is 0 Å². The van der Waals surface area contributed by atoms with Crippen LogP contribution in [-0.2, 0) is 11.3 Å². The number of carbonyl (C=O) groups is 1. The summed E-state index contributed by atoms with van der Waals surface area (Å²) in [4.78, 5) is 15.5. The summed E-state index contributed by atoms with van der Waals surface area (Å²) >= 11 is 0. The summed E-state index contributed by atoms with van der Waals surface area (Å²) in [6.07, 6.45) is 8.44. The van der Waals surface area contributed by atoms with Crippen LogP contribution in [-0.4, -0.2) is 23.8 Å². The molecule has 3 fully saturated rings. The molecule has 1 aliphatic heterocycles. The van der Waals surface area contributed by atoms with Gasteiger partial charge < -0.3 is 0 Å². The molecule has 1 aromatic carbocycles. The van der Waals surface area contributed by atoms with E-state index in [2.05, 4.69) is 56.0 Å². The lowest BCUT2D eigenvalue weighted by Gasteiger charge is -2.31. The van der Waals surface area contributed by atoms with Gasteiger partial charge in [0.2, 0.25) is 0 Å². The predicted octanol–water partition coefficient (Wildman–Crippen LogP) is 5.08. The van der Waals surface area contributed by atoms with Crippen LogP contribution in [0.4, 0.5) is 0 Å². The number of allylic oxidation sites excluding steroid dienone is 1. The van der Waals surface area contributed by atoms with Crippen LogP contribution in [0.25, 0.3) is 6.08 Å². The van der Waals surface area contributed by atoms with E-state index in [0.29, 0.717) is 11.7 Å². The fraction of sp³-hybridized carbons (Fsp3) is 0.609. The molecule has 2 unspecified atom stereocenters. The number of hydrogen-bond donors (Lipinski definition) is 0. The number of Topliss-reactive ketones (excluding diaryl/α,β-unsaturated/α-hetero) is 1. The quantitative estimate of drug-likeness (QED) is 0.717. The van der Waals surface area contributed by atoms with Gasteiger partial charge in [0.25, 0.3) is 0 Å². The number of fused-ring (bicyclic) bond motifs is 2. The third-order valence-corrected chi connectivity index (χ3v) is 7.52. The van der Waals surface area contributed by atoms with E-state index in [1.807, 2.05) is 0 Å². The average Bonchev–Trinajstić information content (AvgIpc) is 2.91. The van der Waals surface area contributed by atoms with Crippen molar-refractivity contribution < 1.29 is 4.79 Å². The number of likely N-dealkylation sites (tertiary alicyclic amines) is 1. The van der Waals surface area contributed by atoms with Crippen molar-refractivity contribution >= 4 is 11.9 Å². The zero-order valence-electron chi connectivity index (χ0n) is 16.0. The van der Waals surface area contributed by atoms with E-state index < -0.39 is 0 Å². The Morgan fingerprint density at radius 1 is 1.08 bits per heavy atom. The SMILES string of the molecule is CC12CCC(C(=Cc3ccc(CN4CCCCC4)cc3)C1=O)C2(C)C. The zero-order valence-corrected chi connectivity index (χ0v) is 16.0. The molecule has 2 bridgehead atoms. The lowest BCUT2D eigenvalue weighted by molar-refractivity contribution is -0.125. The van der Waals surface area contributed by atoms with Crippen molar-refractivity contribution in [2.75, 3.05) is 13.1 Å². The van der Waals surface area contributed by atoms with Gasteiger partial charge in [-0.3, -0.25) is 9.69 Å². The highest BCUT2D eigenvalue weighted by Gasteiger charge is 2.63. The molecule has 2 aliphatic carbocycles. The maximum atomic E-state index is 13.0. The molecular weight excluding hydrogens is 306 g/mol. The third kappa shape index (κ3) is 2.70. The highest BCUT2D eigenvalue weighted by molar-refractivity contribution is 6.07. The lowest BCUT2D eigenvalue weighted by atomic mass is 9.70. The Morgan fingerprint density at radius 2 is 1.76 bits per heavy atom. The maximum absolute atomic E-state index is 13.0. The van der Waals surface area contributed by atoms with Crippen molar-refractivity contribution in [3.63, 3.8) is 0 Å². The molecule has 0 amide bonds. The number of benzene rings is 1. The third-order valence-electron chi connectivity index (χ3n) is 7.52. The summed E-state index contributed by atoms with van der Waals surface area (Å²) in [5.74, 6) is 0.823. The molecule has 134 valence electrons. The van der Waals surface area contributed by atoms with Gasteiger partial charge in [-0.15, -0.1) is 0 Å². The maximum Gasteiger partial charge on any atom is 0.165 e. The van der Waals surface area contributed by atoms with Crippen molar-refractivity contribution in [2.45, 2.75) is 59.4 Å². The molecule has 0 aromatic heterocycles. The molecule has 2 atom stereocenters. The first-order valence-corrected chi connectivity index (χ1v) is 9.99. The molecule has 0 radical (unpaired) electrons. The fourth-order valence-corrected chi connectivity index (χ4v) is 5.37.